The van der Waals surface area contributed by atoms with Crippen molar-refractivity contribution < 1.29 is 14.3 Å². The largest absolute Gasteiger partial charge is 0.463 e. The summed E-state index contributed by atoms with van der Waals surface area (Å²) in [7, 11) is 0. The van der Waals surface area contributed by atoms with Gasteiger partial charge in [-0.1, -0.05) is 48.5 Å². The van der Waals surface area contributed by atoms with Crippen molar-refractivity contribution in [1.29, 1.82) is 0 Å². The predicted molar refractivity (Wildman–Crippen MR) is 105 cm³/mol. The number of fused-ring (bicyclic) bond motifs is 1. The van der Waals surface area contributed by atoms with Gasteiger partial charge in [0.05, 0.1) is 24.0 Å². The topological polar surface area (TPSA) is 101 Å². The maximum atomic E-state index is 12.9. The lowest BCUT2D eigenvalue weighted by molar-refractivity contribution is -0.147. The lowest BCUT2D eigenvalue weighted by Gasteiger charge is -2.19. The zero-order chi connectivity index (χ0) is 20.1. The van der Waals surface area contributed by atoms with E-state index in [2.05, 4.69) is 15.5 Å². The summed E-state index contributed by atoms with van der Waals surface area (Å²) in [6, 6.07) is 15.3. The third-order valence-corrected chi connectivity index (χ3v) is 4.16. The highest BCUT2D eigenvalue weighted by Gasteiger charge is 2.22. The molecule has 1 atom stereocenters. The lowest BCUT2D eigenvalue weighted by atomic mass is 10.0. The maximum absolute atomic E-state index is 12.9. The Bertz CT molecular complexity index is 1040. The molecule has 2 aromatic carbocycles. The fourth-order valence-electron chi connectivity index (χ4n) is 2.93. The summed E-state index contributed by atoms with van der Waals surface area (Å²) in [5.74, 6) is -0.901. The van der Waals surface area contributed by atoms with Gasteiger partial charge in [-0.25, -0.2) is 5.10 Å². The number of nitrogens with one attached hydrogen (secondary N) is 2. The average molecular weight is 379 g/mol. The summed E-state index contributed by atoms with van der Waals surface area (Å²) in [5.41, 5.74) is 0.492. The summed E-state index contributed by atoms with van der Waals surface area (Å²) in [4.78, 5) is 37.0. The molecular formula is C21H21N3O4. The minimum Gasteiger partial charge on any atom is -0.463 e. The second-order valence-electron chi connectivity index (χ2n) is 6.63. The molecule has 28 heavy (non-hydrogen) atoms. The third kappa shape index (κ3) is 4.43. The molecule has 0 saturated carbocycles. The Hall–Kier alpha value is -3.48. The van der Waals surface area contributed by atoms with Crippen LogP contribution in [0, 0.1) is 0 Å². The fourth-order valence-corrected chi connectivity index (χ4v) is 2.93. The number of esters is 1. The average Bonchev–Trinajstić information content (AvgIpc) is 2.68. The van der Waals surface area contributed by atoms with E-state index in [1.165, 1.54) is 0 Å². The molecule has 1 heterocycles. The Morgan fingerprint density at radius 2 is 1.68 bits per heavy atom. The number of ether oxygens (including phenoxy) is 1. The first-order chi connectivity index (χ1) is 13.5. The van der Waals surface area contributed by atoms with E-state index in [0.29, 0.717) is 10.8 Å². The van der Waals surface area contributed by atoms with Crippen LogP contribution < -0.4 is 10.9 Å². The van der Waals surface area contributed by atoms with Crippen molar-refractivity contribution in [3.05, 3.63) is 76.2 Å². The summed E-state index contributed by atoms with van der Waals surface area (Å²) < 4.78 is 5.22. The predicted octanol–water partition coefficient (Wildman–Crippen LogP) is 2.74. The number of aromatic amines is 1. The Balaban J connectivity index is 1.90. The van der Waals surface area contributed by atoms with Crippen molar-refractivity contribution in [2.24, 2.45) is 0 Å². The number of hydrogen-bond donors (Lipinski definition) is 2. The molecule has 0 spiro atoms. The molecule has 0 fully saturated rings. The number of amides is 1. The van der Waals surface area contributed by atoms with Crippen LogP contribution in [-0.2, 0) is 9.53 Å². The maximum Gasteiger partial charge on any atom is 0.308 e. The first-order valence-corrected chi connectivity index (χ1v) is 8.98. The van der Waals surface area contributed by atoms with Crippen LogP contribution in [-0.4, -0.2) is 28.2 Å². The summed E-state index contributed by atoms with van der Waals surface area (Å²) >= 11 is 0. The molecule has 3 rings (SSSR count). The smallest absolute Gasteiger partial charge is 0.308 e. The fraction of sp³-hybridized carbons (Fsp3) is 0.238. The Labute approximate surface area is 161 Å². The lowest BCUT2D eigenvalue weighted by Crippen LogP contribution is -2.32. The number of nitrogens with zero attached hydrogens (tertiary/aromatic N) is 1. The van der Waals surface area contributed by atoms with Crippen molar-refractivity contribution in [2.75, 3.05) is 0 Å². The van der Waals surface area contributed by atoms with Gasteiger partial charge in [0.1, 0.15) is 0 Å². The number of H-pyrrole nitrogens is 1. The van der Waals surface area contributed by atoms with Crippen molar-refractivity contribution in [1.82, 2.24) is 15.5 Å². The van der Waals surface area contributed by atoms with Crippen LogP contribution in [0.3, 0.4) is 0 Å². The van der Waals surface area contributed by atoms with Crippen LogP contribution in [0.2, 0.25) is 0 Å². The normalized spacial score (nSPS) is 12.0. The first-order valence-electron chi connectivity index (χ1n) is 8.98. The quantitative estimate of drug-likeness (QED) is 0.641. The van der Waals surface area contributed by atoms with Crippen molar-refractivity contribution in [2.45, 2.75) is 32.4 Å². The summed E-state index contributed by atoms with van der Waals surface area (Å²) in [6.45, 7) is 3.54. The van der Waals surface area contributed by atoms with Gasteiger partial charge >= 0.3 is 5.97 Å². The minimum atomic E-state index is -0.590. The van der Waals surface area contributed by atoms with E-state index in [-0.39, 0.29) is 23.8 Å². The van der Waals surface area contributed by atoms with E-state index in [9.17, 15) is 14.4 Å². The Kier molecular flexibility index (Phi) is 5.84. The Morgan fingerprint density at radius 3 is 2.36 bits per heavy atom. The van der Waals surface area contributed by atoms with Crippen LogP contribution in [0.25, 0.3) is 10.8 Å². The Morgan fingerprint density at radius 1 is 1.04 bits per heavy atom. The number of carbonyl (C=O) groups is 2. The van der Waals surface area contributed by atoms with Gasteiger partial charge in [0, 0.05) is 5.39 Å². The molecule has 0 aliphatic rings. The van der Waals surface area contributed by atoms with Gasteiger partial charge in [-0.15, -0.1) is 0 Å². The molecule has 1 amide bonds. The standard InChI is InChI=1S/C21H21N3O4/c1-13(2)28-18(25)12-17(14-8-4-3-5-9-14)22-21(27)19-15-10-6-7-11-16(15)20(26)24-23-19/h3-11,13,17H,12H2,1-2H3,(H,22,27)(H,24,26). The number of hydrogen-bond acceptors (Lipinski definition) is 5. The molecule has 0 bridgehead atoms. The highest BCUT2D eigenvalue weighted by atomic mass is 16.5. The molecule has 2 N–H and O–H groups in total. The molecule has 7 nitrogen and oxygen atoms in total. The first kappa shape index (κ1) is 19.3. The van der Waals surface area contributed by atoms with Crippen LogP contribution in [0.5, 0.6) is 0 Å². The summed E-state index contributed by atoms with van der Waals surface area (Å²) in [6.07, 6.45) is -0.265. The number of aromatic nitrogens is 2. The van der Waals surface area contributed by atoms with Gasteiger partial charge in [0.15, 0.2) is 5.69 Å². The molecule has 0 aliphatic carbocycles. The zero-order valence-electron chi connectivity index (χ0n) is 15.6. The van der Waals surface area contributed by atoms with E-state index in [1.807, 2.05) is 30.3 Å². The van der Waals surface area contributed by atoms with Gasteiger partial charge in [-0.3, -0.25) is 14.4 Å². The molecule has 7 heteroatoms. The number of benzene rings is 2. The van der Waals surface area contributed by atoms with Crippen LogP contribution >= 0.6 is 0 Å². The molecule has 0 saturated heterocycles. The molecular weight excluding hydrogens is 358 g/mol. The van der Waals surface area contributed by atoms with Gasteiger partial charge in [-0.2, -0.15) is 5.10 Å². The SMILES string of the molecule is CC(C)OC(=O)CC(NC(=O)c1n[nH]c(=O)c2ccccc12)c1ccccc1. The van der Waals surface area contributed by atoms with Crippen molar-refractivity contribution >= 4 is 22.6 Å². The van der Waals surface area contributed by atoms with Gasteiger partial charge in [0.2, 0.25) is 0 Å². The van der Waals surface area contributed by atoms with E-state index >= 15 is 0 Å². The van der Waals surface area contributed by atoms with Gasteiger partial charge in [0.25, 0.3) is 11.5 Å². The molecule has 1 aromatic heterocycles. The van der Waals surface area contributed by atoms with Crippen LogP contribution in [0.1, 0.15) is 42.4 Å². The molecule has 144 valence electrons. The summed E-state index contributed by atoms with van der Waals surface area (Å²) in [5, 5.41) is 9.92. The molecule has 1 unspecified atom stereocenters. The second kappa shape index (κ2) is 8.47. The molecule has 0 radical (unpaired) electrons. The van der Waals surface area contributed by atoms with Crippen molar-refractivity contribution in [3.63, 3.8) is 0 Å². The number of carbonyl (C=O) groups excluding carboxylic acids is 2. The number of rotatable bonds is 6. The van der Waals surface area contributed by atoms with E-state index in [4.69, 9.17) is 4.74 Å². The highest BCUT2D eigenvalue weighted by molar-refractivity contribution is 6.04. The highest BCUT2D eigenvalue weighted by Crippen LogP contribution is 2.20. The van der Waals surface area contributed by atoms with Crippen LogP contribution in [0.15, 0.2) is 59.4 Å². The zero-order valence-corrected chi connectivity index (χ0v) is 15.6. The van der Waals surface area contributed by atoms with Crippen LogP contribution in [0.4, 0.5) is 0 Å². The van der Waals surface area contributed by atoms with E-state index in [1.54, 1.807) is 38.1 Å². The van der Waals surface area contributed by atoms with Crippen molar-refractivity contribution in [3.8, 4) is 0 Å². The monoisotopic (exact) mass is 379 g/mol. The molecule has 3 aromatic rings. The second-order valence-corrected chi connectivity index (χ2v) is 6.63. The van der Waals surface area contributed by atoms with E-state index < -0.39 is 17.9 Å². The molecule has 0 aliphatic heterocycles. The minimum absolute atomic E-state index is 0.0186. The van der Waals surface area contributed by atoms with Gasteiger partial charge in [-0.05, 0) is 25.5 Å². The van der Waals surface area contributed by atoms with E-state index in [0.717, 1.165) is 5.56 Å². The third-order valence-electron chi connectivity index (χ3n) is 4.16. The van der Waals surface area contributed by atoms with Gasteiger partial charge < -0.3 is 10.1 Å².